The van der Waals surface area contributed by atoms with Crippen LogP contribution in [-0.4, -0.2) is 16.7 Å². The zero-order valence-electron chi connectivity index (χ0n) is 13.0. The van der Waals surface area contributed by atoms with Crippen LogP contribution >= 0.6 is 23.1 Å². The zero-order valence-corrected chi connectivity index (χ0v) is 14.7. The number of carbonyl (C=O) groups is 1. The summed E-state index contributed by atoms with van der Waals surface area (Å²) in [5.41, 5.74) is 3.33. The van der Waals surface area contributed by atoms with Crippen molar-refractivity contribution < 1.29 is 9.53 Å². The van der Waals surface area contributed by atoms with Crippen LogP contribution in [0.5, 0.6) is 0 Å². The first-order valence-corrected chi connectivity index (χ1v) is 9.12. The third-order valence-electron chi connectivity index (χ3n) is 3.38. The second-order valence-electron chi connectivity index (χ2n) is 5.29. The summed E-state index contributed by atoms with van der Waals surface area (Å²) in [5, 5.41) is 0.830. The van der Waals surface area contributed by atoms with Crippen LogP contribution in [0.1, 0.15) is 16.1 Å². The molecule has 0 fully saturated rings. The maximum atomic E-state index is 11.9. The van der Waals surface area contributed by atoms with Gasteiger partial charge in [0.1, 0.15) is 11.6 Å². The molecule has 0 unspecified atom stereocenters. The maximum Gasteiger partial charge on any atom is 0.316 e. The van der Waals surface area contributed by atoms with Gasteiger partial charge in [0, 0.05) is 4.90 Å². The number of nitrogens with zero attached hydrogens (tertiary/aromatic N) is 1. The number of fused-ring (bicyclic) bond motifs is 1. The van der Waals surface area contributed by atoms with Crippen LogP contribution in [0.3, 0.4) is 0 Å². The van der Waals surface area contributed by atoms with Crippen LogP contribution in [0.4, 0.5) is 0 Å². The molecule has 0 atom stereocenters. The number of thiazole rings is 1. The highest BCUT2D eigenvalue weighted by atomic mass is 32.2. The molecule has 0 aliphatic rings. The molecule has 3 aromatic rings. The van der Waals surface area contributed by atoms with E-state index in [1.807, 2.05) is 31.2 Å². The van der Waals surface area contributed by atoms with E-state index >= 15 is 0 Å². The van der Waals surface area contributed by atoms with Gasteiger partial charge in [0.05, 0.1) is 16.0 Å². The van der Waals surface area contributed by atoms with Crippen molar-refractivity contribution in [2.24, 2.45) is 0 Å². The fourth-order valence-corrected chi connectivity index (χ4v) is 3.97. The number of para-hydroxylation sites is 1. The second-order valence-corrected chi connectivity index (χ2v) is 7.43. The lowest BCUT2D eigenvalue weighted by atomic mass is 10.2. The molecular weight excluding hydrogens is 326 g/mol. The Morgan fingerprint density at radius 1 is 1.22 bits per heavy atom. The van der Waals surface area contributed by atoms with Gasteiger partial charge in [-0.1, -0.05) is 29.8 Å². The van der Waals surface area contributed by atoms with Crippen molar-refractivity contribution in [1.29, 1.82) is 0 Å². The molecule has 1 aromatic heterocycles. The average molecular weight is 343 g/mol. The average Bonchev–Trinajstić information content (AvgIpc) is 2.96. The van der Waals surface area contributed by atoms with Crippen molar-refractivity contribution in [2.45, 2.75) is 25.3 Å². The number of aryl methyl sites for hydroxylation is 2. The number of aromatic nitrogens is 1. The van der Waals surface area contributed by atoms with Gasteiger partial charge in [-0.05, 0) is 37.6 Å². The number of benzene rings is 2. The first kappa shape index (κ1) is 16.0. The molecule has 3 nitrogen and oxygen atoms in total. The highest BCUT2D eigenvalue weighted by Gasteiger charge is 2.09. The van der Waals surface area contributed by atoms with Crippen LogP contribution in [0.2, 0.25) is 0 Å². The first-order valence-electron chi connectivity index (χ1n) is 7.32. The zero-order chi connectivity index (χ0) is 16.2. The number of ether oxygens (including phenoxy) is 1. The third kappa shape index (κ3) is 4.12. The van der Waals surface area contributed by atoms with Crippen LogP contribution < -0.4 is 0 Å². The minimum atomic E-state index is -0.213. The molecule has 0 saturated carbocycles. The standard InChI is InChI=1S/C18H17NO2S2/c1-12-7-8-13(2)16(9-12)22-11-18(20)21-10-17-19-14-5-3-4-6-15(14)23-17/h3-9H,10-11H2,1-2H3. The van der Waals surface area contributed by atoms with Gasteiger partial charge < -0.3 is 4.74 Å². The van der Waals surface area contributed by atoms with E-state index in [9.17, 15) is 4.79 Å². The predicted molar refractivity (Wildman–Crippen MR) is 96.1 cm³/mol. The van der Waals surface area contributed by atoms with Crippen molar-refractivity contribution >= 4 is 39.3 Å². The SMILES string of the molecule is Cc1ccc(C)c(SCC(=O)OCc2nc3ccccc3s2)c1. The largest absolute Gasteiger partial charge is 0.458 e. The molecule has 0 N–H and O–H groups in total. The summed E-state index contributed by atoms with van der Waals surface area (Å²) in [6.45, 7) is 4.34. The van der Waals surface area contributed by atoms with E-state index in [2.05, 4.69) is 30.1 Å². The molecule has 118 valence electrons. The Kier molecular flexibility index (Phi) is 4.98. The van der Waals surface area contributed by atoms with Crippen LogP contribution in [0.15, 0.2) is 47.4 Å². The van der Waals surface area contributed by atoms with Gasteiger partial charge in [0.15, 0.2) is 0 Å². The lowest BCUT2D eigenvalue weighted by Crippen LogP contribution is -2.07. The normalized spacial score (nSPS) is 10.9. The van der Waals surface area contributed by atoms with Gasteiger partial charge in [-0.15, -0.1) is 23.1 Å². The number of hydrogen-bond acceptors (Lipinski definition) is 5. The Morgan fingerprint density at radius 3 is 2.87 bits per heavy atom. The number of hydrogen-bond donors (Lipinski definition) is 0. The maximum absolute atomic E-state index is 11.9. The van der Waals surface area contributed by atoms with Gasteiger partial charge in [-0.3, -0.25) is 4.79 Å². The monoisotopic (exact) mass is 343 g/mol. The van der Waals surface area contributed by atoms with Crippen LogP contribution in [0.25, 0.3) is 10.2 Å². The Bertz CT molecular complexity index is 809. The molecular formula is C18H17NO2S2. The van der Waals surface area contributed by atoms with Gasteiger partial charge in [0.2, 0.25) is 0 Å². The molecule has 2 aromatic carbocycles. The van der Waals surface area contributed by atoms with Crippen molar-refractivity contribution in [3.8, 4) is 0 Å². The van der Waals surface area contributed by atoms with Crippen LogP contribution in [-0.2, 0) is 16.1 Å². The molecule has 1 heterocycles. The van der Waals surface area contributed by atoms with Crippen molar-refractivity contribution in [3.63, 3.8) is 0 Å². The summed E-state index contributed by atoms with van der Waals surface area (Å²) >= 11 is 3.08. The highest BCUT2D eigenvalue weighted by Crippen LogP contribution is 2.24. The van der Waals surface area contributed by atoms with Gasteiger partial charge in [-0.25, -0.2) is 4.98 Å². The molecule has 23 heavy (non-hydrogen) atoms. The van der Waals surface area contributed by atoms with E-state index in [0.717, 1.165) is 20.1 Å². The topological polar surface area (TPSA) is 39.2 Å². The van der Waals surface area contributed by atoms with Gasteiger partial charge in [-0.2, -0.15) is 0 Å². The quantitative estimate of drug-likeness (QED) is 0.495. The van der Waals surface area contributed by atoms with Gasteiger partial charge >= 0.3 is 5.97 Å². The molecule has 0 bridgehead atoms. The molecule has 3 rings (SSSR count). The summed E-state index contributed by atoms with van der Waals surface area (Å²) in [5.74, 6) is 0.102. The number of thioether (sulfide) groups is 1. The van der Waals surface area contributed by atoms with Crippen molar-refractivity contribution in [2.75, 3.05) is 5.75 Å². The van der Waals surface area contributed by atoms with E-state index < -0.39 is 0 Å². The molecule has 0 radical (unpaired) electrons. The highest BCUT2D eigenvalue weighted by molar-refractivity contribution is 8.00. The molecule has 0 aliphatic heterocycles. The van der Waals surface area contributed by atoms with Crippen molar-refractivity contribution in [1.82, 2.24) is 4.98 Å². The predicted octanol–water partition coefficient (Wildman–Crippen LogP) is 4.75. The fraction of sp³-hybridized carbons (Fsp3) is 0.222. The molecule has 0 amide bonds. The van der Waals surface area contributed by atoms with E-state index in [1.165, 1.54) is 22.9 Å². The van der Waals surface area contributed by atoms with E-state index in [-0.39, 0.29) is 12.6 Å². The summed E-state index contributed by atoms with van der Waals surface area (Å²) in [7, 11) is 0. The summed E-state index contributed by atoms with van der Waals surface area (Å²) < 4.78 is 6.45. The minimum Gasteiger partial charge on any atom is -0.458 e. The first-order chi connectivity index (χ1) is 11.1. The Balaban J connectivity index is 1.54. The van der Waals surface area contributed by atoms with Gasteiger partial charge in [0.25, 0.3) is 0 Å². The van der Waals surface area contributed by atoms with E-state index in [1.54, 1.807) is 11.3 Å². The van der Waals surface area contributed by atoms with Crippen molar-refractivity contribution in [3.05, 3.63) is 58.6 Å². The Hall–Kier alpha value is -1.85. The number of carbonyl (C=O) groups excluding carboxylic acids is 1. The lowest BCUT2D eigenvalue weighted by Gasteiger charge is -2.06. The molecule has 0 saturated heterocycles. The Labute approximate surface area is 143 Å². The fourth-order valence-electron chi connectivity index (χ4n) is 2.17. The summed E-state index contributed by atoms with van der Waals surface area (Å²) in [4.78, 5) is 17.5. The van der Waals surface area contributed by atoms with Crippen LogP contribution in [0, 0.1) is 13.8 Å². The van der Waals surface area contributed by atoms with E-state index in [0.29, 0.717) is 5.75 Å². The second kappa shape index (κ2) is 7.15. The summed E-state index contributed by atoms with van der Waals surface area (Å²) in [6.07, 6.45) is 0. The molecule has 5 heteroatoms. The number of rotatable bonds is 5. The lowest BCUT2D eigenvalue weighted by molar-refractivity contribution is -0.141. The number of esters is 1. The molecule has 0 spiro atoms. The summed E-state index contributed by atoms with van der Waals surface area (Å²) in [6, 6.07) is 14.2. The Morgan fingerprint density at radius 2 is 2.04 bits per heavy atom. The third-order valence-corrected chi connectivity index (χ3v) is 5.52. The molecule has 0 aliphatic carbocycles. The smallest absolute Gasteiger partial charge is 0.316 e. The van der Waals surface area contributed by atoms with E-state index in [4.69, 9.17) is 4.74 Å². The minimum absolute atomic E-state index is 0.213.